The topological polar surface area (TPSA) is 67.2 Å². The minimum atomic E-state index is -0.591. The van der Waals surface area contributed by atoms with Crippen molar-refractivity contribution in [3.63, 3.8) is 0 Å². The van der Waals surface area contributed by atoms with Crippen molar-refractivity contribution in [2.45, 2.75) is 26.2 Å². The van der Waals surface area contributed by atoms with E-state index in [1.54, 1.807) is 20.0 Å². The average Bonchev–Trinajstić information content (AvgIpc) is 2.89. The zero-order chi connectivity index (χ0) is 18.7. The Morgan fingerprint density at radius 1 is 1.19 bits per heavy atom. The summed E-state index contributed by atoms with van der Waals surface area (Å²) in [6.07, 6.45) is 3.38. The minimum absolute atomic E-state index is 0.0323. The molecule has 1 aliphatic heterocycles. The molecule has 3 rings (SSSR count). The third-order valence-electron chi connectivity index (χ3n) is 4.64. The van der Waals surface area contributed by atoms with Crippen LogP contribution in [0.3, 0.4) is 0 Å². The summed E-state index contributed by atoms with van der Waals surface area (Å²) in [5, 5.41) is 7.03. The number of halogens is 1. The highest BCUT2D eigenvalue weighted by Gasteiger charge is 2.25. The number of nitrogens with zero attached hydrogens (tertiary/aromatic N) is 3. The molecule has 1 aliphatic rings. The summed E-state index contributed by atoms with van der Waals surface area (Å²) in [6, 6.07) is 5.82. The summed E-state index contributed by atoms with van der Waals surface area (Å²) in [5.41, 5.74) is 0.647. The lowest BCUT2D eigenvalue weighted by Crippen LogP contribution is -2.37. The van der Waals surface area contributed by atoms with E-state index in [0.717, 1.165) is 25.9 Å². The molecule has 0 unspecified atom stereocenters. The summed E-state index contributed by atoms with van der Waals surface area (Å²) in [5.74, 6) is -0.969. The monoisotopic (exact) mass is 358 g/mol. The normalized spacial score (nSPS) is 15.0. The van der Waals surface area contributed by atoms with Gasteiger partial charge >= 0.3 is 0 Å². The molecule has 0 atom stereocenters. The van der Waals surface area contributed by atoms with Crippen LogP contribution in [0.2, 0.25) is 0 Å². The number of nitrogens with one attached hydrogen (secondary N) is 1. The molecule has 26 heavy (non-hydrogen) atoms. The fraction of sp³-hybridized carbons (Fsp3) is 0.421. The first-order valence-corrected chi connectivity index (χ1v) is 8.82. The molecule has 2 heterocycles. The van der Waals surface area contributed by atoms with Gasteiger partial charge in [0, 0.05) is 7.05 Å². The quantitative estimate of drug-likeness (QED) is 0.834. The number of aromatic nitrogens is 2. The Morgan fingerprint density at radius 2 is 1.88 bits per heavy atom. The van der Waals surface area contributed by atoms with Gasteiger partial charge in [0.15, 0.2) is 0 Å². The summed E-state index contributed by atoms with van der Waals surface area (Å²) >= 11 is 0. The van der Waals surface area contributed by atoms with Gasteiger partial charge in [0.25, 0.3) is 0 Å². The highest BCUT2D eigenvalue weighted by atomic mass is 19.1. The van der Waals surface area contributed by atoms with Gasteiger partial charge in [-0.25, -0.2) is 4.39 Å². The Labute approximate surface area is 152 Å². The second-order valence-electron chi connectivity index (χ2n) is 6.63. The lowest BCUT2D eigenvalue weighted by molar-refractivity contribution is -0.117. The first-order chi connectivity index (χ1) is 12.5. The fourth-order valence-corrected chi connectivity index (χ4v) is 3.35. The maximum atomic E-state index is 14.0. The van der Waals surface area contributed by atoms with E-state index >= 15 is 0 Å². The van der Waals surface area contributed by atoms with Crippen molar-refractivity contribution in [1.82, 2.24) is 14.7 Å². The number of amides is 1. The number of aryl methyl sites for hydroxylation is 2. The molecule has 0 aliphatic carbocycles. The number of piperidine rings is 1. The molecule has 1 aromatic heterocycles. The summed E-state index contributed by atoms with van der Waals surface area (Å²) < 4.78 is 15.5. The Morgan fingerprint density at radius 3 is 2.58 bits per heavy atom. The van der Waals surface area contributed by atoms with Crippen molar-refractivity contribution in [3.8, 4) is 0 Å². The van der Waals surface area contributed by atoms with Crippen molar-refractivity contribution >= 4 is 17.5 Å². The van der Waals surface area contributed by atoms with E-state index in [9.17, 15) is 14.0 Å². The van der Waals surface area contributed by atoms with Crippen molar-refractivity contribution < 1.29 is 14.0 Å². The maximum Gasteiger partial charge on any atom is 0.239 e. The number of ketones is 1. The van der Waals surface area contributed by atoms with Crippen LogP contribution >= 0.6 is 0 Å². The van der Waals surface area contributed by atoms with E-state index in [-0.39, 0.29) is 23.6 Å². The summed E-state index contributed by atoms with van der Waals surface area (Å²) in [7, 11) is 1.65. The number of carbonyl (C=O) groups excluding carboxylic acids is 2. The molecule has 0 bridgehead atoms. The molecule has 2 aromatic rings. The second-order valence-corrected chi connectivity index (χ2v) is 6.63. The van der Waals surface area contributed by atoms with Gasteiger partial charge in [-0.05, 0) is 45.0 Å². The molecule has 1 N–H and O–H groups in total. The van der Waals surface area contributed by atoms with E-state index in [1.165, 1.54) is 29.3 Å². The zero-order valence-corrected chi connectivity index (χ0v) is 15.1. The van der Waals surface area contributed by atoms with Crippen molar-refractivity contribution in [1.29, 1.82) is 0 Å². The molecule has 0 radical (unpaired) electrons. The van der Waals surface area contributed by atoms with Crippen molar-refractivity contribution in [2.24, 2.45) is 7.05 Å². The third-order valence-corrected chi connectivity index (χ3v) is 4.64. The molecule has 1 fully saturated rings. The van der Waals surface area contributed by atoms with Gasteiger partial charge in [-0.15, -0.1) is 0 Å². The van der Waals surface area contributed by atoms with Gasteiger partial charge in [0.2, 0.25) is 11.7 Å². The van der Waals surface area contributed by atoms with Crippen molar-refractivity contribution in [3.05, 3.63) is 46.9 Å². The van der Waals surface area contributed by atoms with Gasteiger partial charge in [0.1, 0.15) is 11.6 Å². The number of benzene rings is 1. The molecule has 1 saturated heterocycles. The molecule has 6 nitrogen and oxygen atoms in total. The summed E-state index contributed by atoms with van der Waals surface area (Å²) in [4.78, 5) is 27.4. The molecule has 7 heteroatoms. The number of hydrogen-bond acceptors (Lipinski definition) is 4. The Hall–Kier alpha value is -2.54. The average molecular weight is 358 g/mol. The molecule has 0 saturated carbocycles. The Balaban J connectivity index is 1.83. The van der Waals surface area contributed by atoms with E-state index in [1.807, 2.05) is 0 Å². The standard InChI is InChI=1S/C19H23FN4O2/c1-13-17(18(26)14-8-4-5-9-15(14)20)19(23(2)22-13)21-16(25)12-24-10-6-3-7-11-24/h4-5,8-9H,3,6-7,10-12H2,1-2H3,(H,21,25). The van der Waals surface area contributed by atoms with Crippen LogP contribution < -0.4 is 5.32 Å². The number of hydrogen-bond donors (Lipinski definition) is 1. The maximum absolute atomic E-state index is 14.0. The van der Waals surface area contributed by atoms with Crippen LogP contribution in [0.25, 0.3) is 0 Å². The minimum Gasteiger partial charge on any atom is -0.309 e. The fourth-order valence-electron chi connectivity index (χ4n) is 3.35. The van der Waals surface area contributed by atoms with E-state index in [2.05, 4.69) is 15.3 Å². The zero-order valence-electron chi connectivity index (χ0n) is 15.1. The molecular weight excluding hydrogens is 335 g/mol. The van der Waals surface area contributed by atoms with Crippen LogP contribution in [0.1, 0.15) is 40.9 Å². The van der Waals surface area contributed by atoms with Gasteiger partial charge in [-0.3, -0.25) is 19.2 Å². The lowest BCUT2D eigenvalue weighted by Gasteiger charge is -2.25. The van der Waals surface area contributed by atoms with Crippen LogP contribution in [0, 0.1) is 12.7 Å². The van der Waals surface area contributed by atoms with Gasteiger partial charge < -0.3 is 5.32 Å². The molecule has 138 valence electrons. The lowest BCUT2D eigenvalue weighted by atomic mass is 10.0. The highest BCUT2D eigenvalue weighted by Crippen LogP contribution is 2.24. The van der Waals surface area contributed by atoms with E-state index < -0.39 is 11.6 Å². The molecule has 1 amide bonds. The smallest absolute Gasteiger partial charge is 0.239 e. The highest BCUT2D eigenvalue weighted by molar-refractivity contribution is 6.14. The van der Waals surface area contributed by atoms with Gasteiger partial charge in [0.05, 0.1) is 23.4 Å². The number of anilines is 1. The largest absolute Gasteiger partial charge is 0.309 e. The number of rotatable bonds is 5. The van der Waals surface area contributed by atoms with Crippen LogP contribution in [-0.2, 0) is 11.8 Å². The first kappa shape index (κ1) is 18.3. The second kappa shape index (κ2) is 7.78. The van der Waals surface area contributed by atoms with Crippen LogP contribution in [-0.4, -0.2) is 46.0 Å². The molecule has 0 spiro atoms. The summed E-state index contributed by atoms with van der Waals surface area (Å²) in [6.45, 7) is 3.75. The Bertz CT molecular complexity index is 825. The van der Waals surface area contributed by atoms with Crippen LogP contribution in [0.5, 0.6) is 0 Å². The van der Waals surface area contributed by atoms with E-state index in [0.29, 0.717) is 11.5 Å². The SMILES string of the molecule is Cc1nn(C)c(NC(=O)CN2CCCCC2)c1C(=O)c1ccccc1F. The van der Waals surface area contributed by atoms with Gasteiger partial charge in [-0.1, -0.05) is 18.6 Å². The van der Waals surface area contributed by atoms with Crippen molar-refractivity contribution in [2.75, 3.05) is 25.0 Å². The van der Waals surface area contributed by atoms with E-state index in [4.69, 9.17) is 0 Å². The van der Waals surface area contributed by atoms with Gasteiger partial charge in [-0.2, -0.15) is 5.10 Å². The number of likely N-dealkylation sites (tertiary alicyclic amines) is 1. The number of carbonyl (C=O) groups is 2. The third kappa shape index (κ3) is 3.83. The predicted molar refractivity (Wildman–Crippen MR) is 96.7 cm³/mol. The molecule has 1 aromatic carbocycles. The Kier molecular flexibility index (Phi) is 5.46. The predicted octanol–water partition coefficient (Wildman–Crippen LogP) is 2.52. The van der Waals surface area contributed by atoms with Crippen LogP contribution in [0.4, 0.5) is 10.2 Å². The van der Waals surface area contributed by atoms with Crippen LogP contribution in [0.15, 0.2) is 24.3 Å². The molecular formula is C19H23FN4O2. The first-order valence-electron chi connectivity index (χ1n) is 8.82.